The first-order chi connectivity index (χ1) is 8.85. The van der Waals surface area contributed by atoms with Crippen LogP contribution >= 0.6 is 11.8 Å². The fraction of sp³-hybridized carbons (Fsp3) is 0.846. The molecule has 6 heteroatoms. The van der Waals surface area contributed by atoms with Gasteiger partial charge in [0.25, 0.3) is 0 Å². The van der Waals surface area contributed by atoms with Crippen LogP contribution in [0.1, 0.15) is 27.7 Å². The quantitative estimate of drug-likeness (QED) is 0.730. The van der Waals surface area contributed by atoms with Crippen LogP contribution in [-0.2, 0) is 19.1 Å². The van der Waals surface area contributed by atoms with E-state index in [0.717, 1.165) is 5.75 Å². The van der Waals surface area contributed by atoms with Gasteiger partial charge in [0.2, 0.25) is 5.91 Å². The Morgan fingerprint density at radius 3 is 2.63 bits per heavy atom. The minimum absolute atomic E-state index is 0.00404. The van der Waals surface area contributed by atoms with Crippen molar-refractivity contribution < 1.29 is 19.1 Å². The number of amides is 1. The fourth-order valence-electron chi connectivity index (χ4n) is 1.70. The summed E-state index contributed by atoms with van der Waals surface area (Å²) in [7, 11) is 0. The lowest BCUT2D eigenvalue weighted by Gasteiger charge is -2.34. The van der Waals surface area contributed by atoms with Gasteiger partial charge in [-0.2, -0.15) is 11.8 Å². The van der Waals surface area contributed by atoms with Crippen molar-refractivity contribution in [3.05, 3.63) is 0 Å². The molecule has 0 N–H and O–H groups in total. The van der Waals surface area contributed by atoms with E-state index in [-0.39, 0.29) is 24.1 Å². The van der Waals surface area contributed by atoms with E-state index in [4.69, 9.17) is 9.47 Å². The summed E-state index contributed by atoms with van der Waals surface area (Å²) in [5.41, 5.74) is -0.361. The summed E-state index contributed by atoms with van der Waals surface area (Å²) in [6.45, 7) is 8.37. The summed E-state index contributed by atoms with van der Waals surface area (Å²) in [5, 5.41) is 0. The van der Waals surface area contributed by atoms with Gasteiger partial charge >= 0.3 is 5.97 Å². The Hall–Kier alpha value is -0.750. The molecule has 0 bridgehead atoms. The van der Waals surface area contributed by atoms with Crippen molar-refractivity contribution in [3.63, 3.8) is 0 Å². The molecule has 0 radical (unpaired) electrons. The number of rotatable bonds is 4. The summed E-state index contributed by atoms with van der Waals surface area (Å²) in [6.07, 6.45) is 0. The zero-order valence-electron chi connectivity index (χ0n) is 12.1. The normalized spacial score (nSPS) is 20.2. The minimum Gasteiger partial charge on any atom is -0.464 e. The van der Waals surface area contributed by atoms with Crippen molar-refractivity contribution >= 4 is 23.6 Å². The maximum atomic E-state index is 12.1. The van der Waals surface area contributed by atoms with Crippen molar-refractivity contribution in [2.45, 2.75) is 39.3 Å². The highest BCUT2D eigenvalue weighted by atomic mass is 32.2. The van der Waals surface area contributed by atoms with Gasteiger partial charge in [0.05, 0.1) is 12.2 Å². The minimum atomic E-state index is -0.477. The number of hydrogen-bond acceptors (Lipinski definition) is 5. The predicted octanol–water partition coefficient (Wildman–Crippen LogP) is 1.31. The lowest BCUT2D eigenvalue weighted by Crippen LogP contribution is -2.52. The maximum Gasteiger partial charge on any atom is 0.329 e. The molecule has 19 heavy (non-hydrogen) atoms. The van der Waals surface area contributed by atoms with E-state index in [1.54, 1.807) is 23.6 Å². The molecule has 1 rings (SSSR count). The van der Waals surface area contributed by atoms with Crippen molar-refractivity contribution in [3.8, 4) is 0 Å². The Morgan fingerprint density at radius 2 is 2.05 bits per heavy atom. The first-order valence-electron chi connectivity index (χ1n) is 6.53. The molecule has 0 aliphatic carbocycles. The van der Waals surface area contributed by atoms with Crippen LogP contribution in [0.25, 0.3) is 0 Å². The van der Waals surface area contributed by atoms with Gasteiger partial charge in [-0.3, -0.25) is 4.79 Å². The van der Waals surface area contributed by atoms with Gasteiger partial charge in [0, 0.05) is 18.1 Å². The van der Waals surface area contributed by atoms with Crippen LogP contribution in [0.2, 0.25) is 0 Å². The molecule has 1 amide bonds. The Morgan fingerprint density at radius 1 is 1.37 bits per heavy atom. The second-order valence-electron chi connectivity index (χ2n) is 5.33. The van der Waals surface area contributed by atoms with E-state index in [1.165, 1.54) is 0 Å². The van der Waals surface area contributed by atoms with E-state index in [9.17, 15) is 9.59 Å². The van der Waals surface area contributed by atoms with E-state index >= 15 is 0 Å². The number of thioether (sulfide) groups is 1. The molecule has 0 spiro atoms. The smallest absolute Gasteiger partial charge is 0.329 e. The van der Waals surface area contributed by atoms with E-state index in [1.807, 2.05) is 20.8 Å². The number of nitrogens with zero attached hydrogens (tertiary/aromatic N) is 1. The highest BCUT2D eigenvalue weighted by molar-refractivity contribution is 7.99. The Labute approximate surface area is 119 Å². The standard InChI is InChI=1S/C13H23NO4S/c1-5-17-12(16)10-9-19-7-6-14(10)11(15)8-18-13(2,3)4/h10H,5-9H2,1-4H3. The lowest BCUT2D eigenvalue weighted by molar-refractivity contribution is -0.157. The molecule has 110 valence electrons. The third-order valence-corrected chi connectivity index (χ3v) is 3.66. The SMILES string of the molecule is CCOC(=O)C1CSCCN1C(=O)COC(C)(C)C. The molecule has 1 atom stereocenters. The zero-order chi connectivity index (χ0) is 14.5. The third kappa shape index (κ3) is 5.40. The maximum absolute atomic E-state index is 12.1. The predicted molar refractivity (Wildman–Crippen MR) is 75.2 cm³/mol. The van der Waals surface area contributed by atoms with Crippen LogP contribution in [-0.4, -0.2) is 59.7 Å². The van der Waals surface area contributed by atoms with Gasteiger partial charge in [0.1, 0.15) is 12.6 Å². The van der Waals surface area contributed by atoms with Gasteiger partial charge in [-0.25, -0.2) is 4.79 Å². The molecular formula is C13H23NO4S. The zero-order valence-corrected chi connectivity index (χ0v) is 12.9. The molecule has 1 fully saturated rings. The highest BCUT2D eigenvalue weighted by Crippen LogP contribution is 2.18. The van der Waals surface area contributed by atoms with Gasteiger partial charge in [-0.15, -0.1) is 0 Å². The summed E-state index contributed by atoms with van der Waals surface area (Å²) in [6, 6.07) is -0.477. The molecule has 0 saturated carbocycles. The average molecular weight is 289 g/mol. The first kappa shape index (κ1) is 16.3. The molecular weight excluding hydrogens is 266 g/mol. The molecule has 1 aliphatic heterocycles. The van der Waals surface area contributed by atoms with Crippen LogP contribution in [0, 0.1) is 0 Å². The van der Waals surface area contributed by atoms with Crippen LogP contribution in [0.5, 0.6) is 0 Å². The van der Waals surface area contributed by atoms with Crippen LogP contribution in [0.3, 0.4) is 0 Å². The van der Waals surface area contributed by atoms with Crippen molar-refractivity contribution in [1.82, 2.24) is 4.90 Å². The molecule has 5 nitrogen and oxygen atoms in total. The first-order valence-corrected chi connectivity index (χ1v) is 7.68. The summed E-state index contributed by atoms with van der Waals surface area (Å²) in [4.78, 5) is 25.6. The van der Waals surface area contributed by atoms with Gasteiger partial charge in [-0.1, -0.05) is 0 Å². The molecule has 0 aromatic heterocycles. The van der Waals surface area contributed by atoms with Gasteiger partial charge in [-0.05, 0) is 27.7 Å². The van der Waals surface area contributed by atoms with E-state index < -0.39 is 6.04 Å². The number of hydrogen-bond donors (Lipinski definition) is 0. The lowest BCUT2D eigenvalue weighted by atomic mass is 10.2. The van der Waals surface area contributed by atoms with Crippen molar-refractivity contribution in [2.75, 3.05) is 31.3 Å². The van der Waals surface area contributed by atoms with Gasteiger partial charge in [0.15, 0.2) is 0 Å². The molecule has 1 aliphatic rings. The van der Waals surface area contributed by atoms with E-state index in [0.29, 0.717) is 18.9 Å². The molecule has 0 aromatic carbocycles. The number of carbonyl (C=O) groups excluding carboxylic acids is 2. The summed E-state index contributed by atoms with van der Waals surface area (Å²) < 4.78 is 10.5. The largest absolute Gasteiger partial charge is 0.464 e. The number of esters is 1. The van der Waals surface area contributed by atoms with Crippen LogP contribution in [0.15, 0.2) is 0 Å². The monoisotopic (exact) mass is 289 g/mol. The van der Waals surface area contributed by atoms with Gasteiger partial charge < -0.3 is 14.4 Å². The number of ether oxygens (including phenoxy) is 2. The molecule has 1 heterocycles. The van der Waals surface area contributed by atoms with Crippen molar-refractivity contribution in [1.29, 1.82) is 0 Å². The second-order valence-corrected chi connectivity index (χ2v) is 6.48. The summed E-state index contributed by atoms with van der Waals surface area (Å²) in [5.74, 6) is 0.976. The Kier molecular flexibility index (Phi) is 6.13. The average Bonchev–Trinajstić information content (AvgIpc) is 2.35. The fourth-order valence-corrected chi connectivity index (χ4v) is 2.73. The summed E-state index contributed by atoms with van der Waals surface area (Å²) >= 11 is 1.67. The Balaban J connectivity index is 2.61. The Bertz CT molecular complexity index is 327. The number of carbonyl (C=O) groups is 2. The molecule has 1 unspecified atom stereocenters. The van der Waals surface area contributed by atoms with Crippen LogP contribution < -0.4 is 0 Å². The van der Waals surface area contributed by atoms with E-state index in [2.05, 4.69) is 0 Å². The molecule has 0 aromatic rings. The molecule has 1 saturated heterocycles. The topological polar surface area (TPSA) is 55.8 Å². The highest BCUT2D eigenvalue weighted by Gasteiger charge is 2.33. The third-order valence-electron chi connectivity index (χ3n) is 2.64. The van der Waals surface area contributed by atoms with Crippen molar-refractivity contribution in [2.24, 2.45) is 0 Å². The van der Waals surface area contributed by atoms with Crippen LogP contribution in [0.4, 0.5) is 0 Å². The second kappa shape index (κ2) is 7.14.